The fourth-order valence-corrected chi connectivity index (χ4v) is 3.63. The first-order chi connectivity index (χ1) is 14.4. The van der Waals surface area contributed by atoms with Crippen LogP contribution in [0.4, 0.5) is 10.5 Å². The average molecular weight is 425 g/mol. The van der Waals surface area contributed by atoms with Crippen LogP contribution in [0.25, 0.3) is 6.08 Å². The van der Waals surface area contributed by atoms with E-state index in [1.54, 1.807) is 12.1 Å². The predicted molar refractivity (Wildman–Crippen MR) is 119 cm³/mol. The van der Waals surface area contributed by atoms with Gasteiger partial charge >= 0.3 is 0 Å². The van der Waals surface area contributed by atoms with Crippen LogP contribution in [0.15, 0.2) is 53.4 Å². The molecule has 0 spiro atoms. The van der Waals surface area contributed by atoms with Crippen LogP contribution in [-0.4, -0.2) is 34.6 Å². The van der Waals surface area contributed by atoms with E-state index in [0.717, 1.165) is 40.0 Å². The summed E-state index contributed by atoms with van der Waals surface area (Å²) in [6, 6.07) is 14.6. The third-order valence-corrected chi connectivity index (χ3v) is 5.59. The monoisotopic (exact) mass is 424 g/mol. The number of hydrogen-bond acceptors (Lipinski definition) is 5. The fraction of sp³-hybridized carbons (Fsp3) is 0.261. The van der Waals surface area contributed by atoms with E-state index in [1.165, 1.54) is 0 Å². The molecule has 0 aromatic heterocycles. The van der Waals surface area contributed by atoms with Crippen molar-refractivity contribution in [1.82, 2.24) is 4.90 Å². The number of anilines is 1. The number of hydrogen-bond donors (Lipinski definition) is 1. The first-order valence-electron chi connectivity index (χ1n) is 9.75. The van der Waals surface area contributed by atoms with Crippen LogP contribution in [0.1, 0.15) is 31.4 Å². The maximum Gasteiger partial charge on any atom is 0.294 e. The number of ether oxygens (including phenoxy) is 1. The summed E-state index contributed by atoms with van der Waals surface area (Å²) < 4.78 is 5.75. The highest BCUT2D eigenvalue weighted by molar-refractivity contribution is 8.18. The molecule has 30 heavy (non-hydrogen) atoms. The summed E-state index contributed by atoms with van der Waals surface area (Å²) in [5.41, 5.74) is 2.34. The highest BCUT2D eigenvalue weighted by atomic mass is 32.2. The molecule has 1 heterocycles. The Morgan fingerprint density at radius 1 is 1.17 bits per heavy atom. The van der Waals surface area contributed by atoms with Gasteiger partial charge in [-0.3, -0.25) is 19.3 Å². The Balaban J connectivity index is 1.65. The second-order valence-corrected chi connectivity index (χ2v) is 8.03. The van der Waals surface area contributed by atoms with Crippen molar-refractivity contribution in [3.8, 4) is 5.75 Å². The molecule has 7 heteroatoms. The number of imide groups is 1. The van der Waals surface area contributed by atoms with Crippen molar-refractivity contribution < 1.29 is 19.1 Å². The number of para-hydroxylation sites is 1. The Morgan fingerprint density at radius 3 is 2.53 bits per heavy atom. The molecule has 1 atom stereocenters. The number of rotatable bonds is 7. The zero-order valence-corrected chi connectivity index (χ0v) is 18.0. The van der Waals surface area contributed by atoms with Crippen LogP contribution in [0, 0.1) is 6.92 Å². The minimum Gasteiger partial charge on any atom is -0.491 e. The van der Waals surface area contributed by atoms with Crippen LogP contribution in [0.3, 0.4) is 0 Å². The summed E-state index contributed by atoms with van der Waals surface area (Å²) in [6.07, 6.45) is 2.68. The number of nitrogens with zero attached hydrogens (tertiary/aromatic N) is 1. The number of carbonyl (C=O) groups is 3. The van der Waals surface area contributed by atoms with E-state index in [9.17, 15) is 14.4 Å². The second kappa shape index (κ2) is 9.63. The van der Waals surface area contributed by atoms with Gasteiger partial charge < -0.3 is 10.1 Å². The van der Waals surface area contributed by atoms with Crippen molar-refractivity contribution in [2.45, 2.75) is 33.3 Å². The van der Waals surface area contributed by atoms with E-state index in [-0.39, 0.29) is 12.6 Å². The standard InChI is InChI=1S/C23H24N2O4S/c1-4-16(3)29-18-11-9-17(10-12-18)13-20-22(27)25(23(28)30-20)14-21(26)24-19-8-6-5-7-15(19)2/h5-13,16H,4,14H2,1-3H3,(H,24,26)/b20-13+/t16-/m0/s1. The molecule has 2 aromatic carbocycles. The van der Waals surface area contributed by atoms with E-state index in [0.29, 0.717) is 10.6 Å². The molecule has 0 unspecified atom stereocenters. The molecule has 1 aliphatic rings. The maximum absolute atomic E-state index is 12.6. The number of nitrogens with one attached hydrogen (secondary N) is 1. The molecule has 3 rings (SSSR count). The maximum atomic E-state index is 12.6. The molecule has 3 amide bonds. The summed E-state index contributed by atoms with van der Waals surface area (Å²) in [4.78, 5) is 38.5. The summed E-state index contributed by atoms with van der Waals surface area (Å²) in [7, 11) is 0. The molecule has 2 aromatic rings. The van der Waals surface area contributed by atoms with Gasteiger partial charge in [0.1, 0.15) is 12.3 Å². The minimum absolute atomic E-state index is 0.123. The highest BCUT2D eigenvalue weighted by Gasteiger charge is 2.36. The molecular formula is C23H24N2O4S. The van der Waals surface area contributed by atoms with Gasteiger partial charge in [-0.15, -0.1) is 0 Å². The lowest BCUT2D eigenvalue weighted by atomic mass is 10.2. The molecule has 1 fully saturated rings. The molecule has 6 nitrogen and oxygen atoms in total. The zero-order chi connectivity index (χ0) is 21.7. The Morgan fingerprint density at radius 2 is 1.87 bits per heavy atom. The van der Waals surface area contributed by atoms with E-state index < -0.39 is 17.1 Å². The highest BCUT2D eigenvalue weighted by Crippen LogP contribution is 2.32. The van der Waals surface area contributed by atoms with E-state index in [2.05, 4.69) is 12.2 Å². The molecule has 1 aliphatic heterocycles. The quantitative estimate of drug-likeness (QED) is 0.643. The van der Waals surface area contributed by atoms with Gasteiger partial charge in [-0.2, -0.15) is 0 Å². The molecule has 1 saturated heterocycles. The number of carbonyl (C=O) groups excluding carboxylic acids is 3. The van der Waals surface area contributed by atoms with Gasteiger partial charge in [-0.05, 0) is 67.4 Å². The lowest BCUT2D eigenvalue weighted by Crippen LogP contribution is -2.36. The molecule has 0 aliphatic carbocycles. The first kappa shape index (κ1) is 21.6. The van der Waals surface area contributed by atoms with Crippen LogP contribution in [0.2, 0.25) is 0 Å². The molecule has 1 N–H and O–H groups in total. The summed E-state index contributed by atoms with van der Waals surface area (Å²) in [5, 5.41) is 2.29. The Labute approximate surface area is 180 Å². The first-order valence-corrected chi connectivity index (χ1v) is 10.6. The molecule has 156 valence electrons. The minimum atomic E-state index is -0.468. The van der Waals surface area contributed by atoms with Gasteiger partial charge in [0.15, 0.2) is 0 Å². The number of amides is 3. The summed E-state index contributed by atoms with van der Waals surface area (Å²) >= 11 is 0.834. The topological polar surface area (TPSA) is 75.7 Å². The second-order valence-electron chi connectivity index (χ2n) is 7.04. The lowest BCUT2D eigenvalue weighted by Gasteiger charge is -2.13. The SMILES string of the molecule is CC[C@H](C)Oc1ccc(/C=C2/SC(=O)N(CC(=O)Nc3ccccc3C)C2=O)cc1. The van der Waals surface area contributed by atoms with Gasteiger partial charge in [0.05, 0.1) is 11.0 Å². The largest absolute Gasteiger partial charge is 0.491 e. The Bertz CT molecular complexity index is 985. The molecule has 0 saturated carbocycles. The fourth-order valence-electron chi connectivity index (χ4n) is 2.79. The van der Waals surface area contributed by atoms with E-state index >= 15 is 0 Å². The predicted octanol–water partition coefficient (Wildman–Crippen LogP) is 4.85. The normalized spacial score (nSPS) is 16.1. The molecule has 0 bridgehead atoms. The van der Waals surface area contributed by atoms with Crippen LogP contribution in [-0.2, 0) is 9.59 Å². The summed E-state index contributed by atoms with van der Waals surface area (Å²) in [5.74, 6) is -0.133. The van der Waals surface area contributed by atoms with Crippen molar-refractivity contribution in [2.24, 2.45) is 0 Å². The smallest absolute Gasteiger partial charge is 0.294 e. The number of thioether (sulfide) groups is 1. The average Bonchev–Trinajstić information content (AvgIpc) is 2.98. The van der Waals surface area contributed by atoms with Gasteiger partial charge in [-0.1, -0.05) is 37.3 Å². The zero-order valence-electron chi connectivity index (χ0n) is 17.2. The number of benzene rings is 2. The lowest BCUT2D eigenvalue weighted by molar-refractivity contribution is -0.127. The van der Waals surface area contributed by atoms with Gasteiger partial charge in [0.25, 0.3) is 11.1 Å². The van der Waals surface area contributed by atoms with Crippen molar-refractivity contribution in [3.05, 3.63) is 64.6 Å². The Hall–Kier alpha value is -3.06. The van der Waals surface area contributed by atoms with Gasteiger partial charge in [0, 0.05) is 5.69 Å². The molecular weight excluding hydrogens is 400 g/mol. The third kappa shape index (κ3) is 5.30. The van der Waals surface area contributed by atoms with Crippen LogP contribution < -0.4 is 10.1 Å². The summed E-state index contributed by atoms with van der Waals surface area (Å²) in [6.45, 7) is 5.60. The Kier molecular flexibility index (Phi) is 6.95. The molecule has 0 radical (unpaired) electrons. The van der Waals surface area contributed by atoms with Crippen molar-refractivity contribution in [1.29, 1.82) is 0 Å². The van der Waals surface area contributed by atoms with Gasteiger partial charge in [-0.25, -0.2) is 0 Å². The van der Waals surface area contributed by atoms with Gasteiger partial charge in [0.2, 0.25) is 5.91 Å². The van der Waals surface area contributed by atoms with Crippen LogP contribution in [0.5, 0.6) is 5.75 Å². The van der Waals surface area contributed by atoms with Crippen LogP contribution >= 0.6 is 11.8 Å². The van der Waals surface area contributed by atoms with Crippen molar-refractivity contribution in [2.75, 3.05) is 11.9 Å². The third-order valence-electron chi connectivity index (χ3n) is 4.68. The van der Waals surface area contributed by atoms with E-state index in [1.807, 2.05) is 56.3 Å². The van der Waals surface area contributed by atoms with E-state index in [4.69, 9.17) is 4.74 Å². The number of aryl methyl sites for hydroxylation is 1. The van der Waals surface area contributed by atoms with Crippen molar-refractivity contribution >= 4 is 40.6 Å². The van der Waals surface area contributed by atoms with Crippen molar-refractivity contribution in [3.63, 3.8) is 0 Å².